The van der Waals surface area contributed by atoms with Crippen LogP contribution in [0, 0.1) is 0 Å². The van der Waals surface area contributed by atoms with Crippen LogP contribution in [0.2, 0.25) is 0 Å². The number of anilines is 1. The molecule has 1 aliphatic rings. The molecule has 0 aromatic heterocycles. The Morgan fingerprint density at radius 2 is 1.75 bits per heavy atom. The van der Waals surface area contributed by atoms with Crippen molar-refractivity contribution < 1.29 is 24.2 Å². The van der Waals surface area contributed by atoms with Gasteiger partial charge in [-0.05, 0) is 68.5 Å². The second kappa shape index (κ2) is 8.78. The average molecular weight is 383 g/mol. The van der Waals surface area contributed by atoms with Crippen molar-refractivity contribution in [2.75, 3.05) is 12.4 Å². The fraction of sp³-hybridized carbons (Fsp3) is 0.364. The zero-order valence-corrected chi connectivity index (χ0v) is 16.1. The second-order valence-electron chi connectivity index (χ2n) is 7.03. The number of carboxylic acids is 1. The number of ether oxygens (including phenoxy) is 2. The molecule has 0 heterocycles. The number of hydrogen-bond acceptors (Lipinski definition) is 4. The van der Waals surface area contributed by atoms with Crippen LogP contribution >= 0.6 is 0 Å². The maximum atomic E-state index is 12.6. The molecule has 1 aliphatic carbocycles. The molecule has 0 spiro atoms. The van der Waals surface area contributed by atoms with E-state index in [0.29, 0.717) is 28.3 Å². The van der Waals surface area contributed by atoms with Gasteiger partial charge in [0.05, 0.1) is 19.1 Å². The van der Waals surface area contributed by atoms with Crippen LogP contribution < -0.4 is 14.8 Å². The van der Waals surface area contributed by atoms with Gasteiger partial charge in [-0.2, -0.15) is 0 Å². The summed E-state index contributed by atoms with van der Waals surface area (Å²) >= 11 is 0. The molecule has 0 bridgehead atoms. The molecule has 0 aliphatic heterocycles. The predicted octanol–water partition coefficient (Wildman–Crippen LogP) is 4.46. The van der Waals surface area contributed by atoms with Crippen molar-refractivity contribution in [3.05, 3.63) is 53.6 Å². The fourth-order valence-corrected chi connectivity index (χ4v) is 3.30. The van der Waals surface area contributed by atoms with Crippen molar-refractivity contribution in [2.24, 2.45) is 0 Å². The van der Waals surface area contributed by atoms with Gasteiger partial charge in [0, 0.05) is 11.3 Å². The van der Waals surface area contributed by atoms with Crippen LogP contribution in [-0.4, -0.2) is 30.2 Å². The maximum absolute atomic E-state index is 12.6. The van der Waals surface area contributed by atoms with Gasteiger partial charge in [-0.3, -0.25) is 9.59 Å². The number of nitrogens with one attached hydrogen (secondary N) is 1. The van der Waals surface area contributed by atoms with Gasteiger partial charge in [0.15, 0.2) is 11.5 Å². The molecule has 1 amide bonds. The third-order valence-corrected chi connectivity index (χ3v) is 5.06. The lowest BCUT2D eigenvalue weighted by molar-refractivity contribution is -0.138. The smallest absolute Gasteiger partial charge is 0.310 e. The van der Waals surface area contributed by atoms with Crippen LogP contribution in [0.15, 0.2) is 42.5 Å². The van der Waals surface area contributed by atoms with Gasteiger partial charge >= 0.3 is 5.97 Å². The van der Waals surface area contributed by atoms with Crippen LogP contribution in [0.1, 0.15) is 54.4 Å². The normalized spacial score (nSPS) is 15.1. The number of hydrogen-bond donors (Lipinski definition) is 2. The first kappa shape index (κ1) is 19.7. The molecule has 28 heavy (non-hydrogen) atoms. The van der Waals surface area contributed by atoms with Crippen LogP contribution in [0.4, 0.5) is 5.69 Å². The Labute approximate surface area is 164 Å². The molecule has 2 aromatic carbocycles. The molecule has 2 N–H and O–H groups in total. The molecule has 0 saturated heterocycles. The molecule has 1 unspecified atom stereocenters. The van der Waals surface area contributed by atoms with Crippen LogP contribution in [0.3, 0.4) is 0 Å². The first-order chi connectivity index (χ1) is 13.5. The molecule has 6 heteroatoms. The third kappa shape index (κ3) is 4.63. The lowest BCUT2D eigenvalue weighted by atomic mass is 10.0. The summed E-state index contributed by atoms with van der Waals surface area (Å²) in [5.41, 5.74) is 1.75. The lowest BCUT2D eigenvalue weighted by Gasteiger charge is -2.17. The van der Waals surface area contributed by atoms with E-state index in [-0.39, 0.29) is 12.0 Å². The van der Waals surface area contributed by atoms with Gasteiger partial charge in [0.25, 0.3) is 5.91 Å². The molecule has 2 aromatic rings. The minimum Gasteiger partial charge on any atom is -0.493 e. The summed E-state index contributed by atoms with van der Waals surface area (Å²) in [6, 6.07) is 11.9. The third-order valence-electron chi connectivity index (χ3n) is 5.06. The summed E-state index contributed by atoms with van der Waals surface area (Å²) in [6.07, 6.45) is 4.50. The van der Waals surface area contributed by atoms with Gasteiger partial charge in [-0.25, -0.2) is 0 Å². The number of benzene rings is 2. The van der Waals surface area contributed by atoms with Crippen molar-refractivity contribution in [1.82, 2.24) is 0 Å². The summed E-state index contributed by atoms with van der Waals surface area (Å²) in [6.45, 7) is 1.62. The van der Waals surface area contributed by atoms with Gasteiger partial charge < -0.3 is 19.9 Å². The van der Waals surface area contributed by atoms with E-state index in [1.54, 1.807) is 56.5 Å². The summed E-state index contributed by atoms with van der Waals surface area (Å²) < 4.78 is 11.4. The van der Waals surface area contributed by atoms with Crippen molar-refractivity contribution >= 4 is 17.6 Å². The van der Waals surface area contributed by atoms with E-state index in [1.807, 2.05) is 0 Å². The number of aliphatic carboxylic acids is 1. The topological polar surface area (TPSA) is 84.9 Å². The van der Waals surface area contributed by atoms with Crippen molar-refractivity contribution in [3.8, 4) is 11.5 Å². The van der Waals surface area contributed by atoms with Crippen LogP contribution in [0.5, 0.6) is 11.5 Å². The lowest BCUT2D eigenvalue weighted by Crippen LogP contribution is -2.15. The zero-order valence-electron chi connectivity index (χ0n) is 16.1. The number of carbonyl (C=O) groups is 2. The van der Waals surface area contributed by atoms with Gasteiger partial charge in [0.1, 0.15) is 0 Å². The van der Waals surface area contributed by atoms with E-state index >= 15 is 0 Å². The first-order valence-electron chi connectivity index (χ1n) is 9.46. The molecule has 148 valence electrons. The van der Waals surface area contributed by atoms with Gasteiger partial charge in [-0.1, -0.05) is 12.1 Å². The largest absolute Gasteiger partial charge is 0.493 e. The average Bonchev–Trinajstić information content (AvgIpc) is 3.21. The van der Waals surface area contributed by atoms with Crippen molar-refractivity contribution in [2.45, 2.75) is 44.6 Å². The minimum absolute atomic E-state index is 0.163. The Morgan fingerprint density at radius 3 is 2.36 bits per heavy atom. The summed E-state index contributed by atoms with van der Waals surface area (Å²) in [5, 5.41) is 11.9. The molecule has 3 rings (SSSR count). The fourth-order valence-electron chi connectivity index (χ4n) is 3.30. The Balaban J connectivity index is 1.72. The number of amides is 1. The van der Waals surface area contributed by atoms with Crippen molar-refractivity contribution in [1.29, 1.82) is 0 Å². The van der Waals surface area contributed by atoms with Crippen molar-refractivity contribution in [3.63, 3.8) is 0 Å². The summed E-state index contributed by atoms with van der Waals surface area (Å²) in [5.74, 6) is -0.562. The standard InChI is InChI=1S/C22H25NO5/c1-14(22(25)26)15-7-10-17(11-8-15)23-21(24)16-9-12-19(27-2)20(13-16)28-18-5-3-4-6-18/h7-14,18H,3-6H2,1-2H3,(H,23,24)(H,25,26). The second-order valence-corrected chi connectivity index (χ2v) is 7.03. The van der Waals surface area contributed by atoms with E-state index in [0.717, 1.165) is 25.7 Å². The Bertz CT molecular complexity index is 841. The minimum atomic E-state index is -0.884. The van der Waals surface area contributed by atoms with Crippen LogP contribution in [0.25, 0.3) is 0 Å². The number of carbonyl (C=O) groups excluding carboxylic acids is 1. The monoisotopic (exact) mass is 383 g/mol. The highest BCUT2D eigenvalue weighted by Gasteiger charge is 2.20. The van der Waals surface area contributed by atoms with E-state index in [4.69, 9.17) is 14.6 Å². The molecular formula is C22H25NO5. The zero-order chi connectivity index (χ0) is 20.1. The summed E-state index contributed by atoms with van der Waals surface area (Å²) in [4.78, 5) is 23.7. The van der Waals surface area contributed by atoms with E-state index < -0.39 is 11.9 Å². The molecule has 1 fully saturated rings. The SMILES string of the molecule is COc1ccc(C(=O)Nc2ccc(C(C)C(=O)O)cc2)cc1OC1CCCC1. The first-order valence-corrected chi connectivity index (χ1v) is 9.46. The molecular weight excluding hydrogens is 358 g/mol. The van der Waals surface area contributed by atoms with Gasteiger partial charge in [-0.15, -0.1) is 0 Å². The number of rotatable bonds is 7. The Morgan fingerprint density at radius 1 is 1.07 bits per heavy atom. The summed E-state index contributed by atoms with van der Waals surface area (Å²) in [7, 11) is 1.58. The number of carboxylic acid groups (broad SMARTS) is 1. The highest BCUT2D eigenvalue weighted by molar-refractivity contribution is 6.04. The Hall–Kier alpha value is -3.02. The van der Waals surface area contributed by atoms with E-state index in [2.05, 4.69) is 5.32 Å². The molecule has 6 nitrogen and oxygen atoms in total. The van der Waals surface area contributed by atoms with E-state index in [1.165, 1.54) is 0 Å². The quantitative estimate of drug-likeness (QED) is 0.737. The molecule has 1 saturated carbocycles. The Kier molecular flexibility index (Phi) is 6.19. The van der Waals surface area contributed by atoms with Crippen LogP contribution in [-0.2, 0) is 4.79 Å². The van der Waals surface area contributed by atoms with Gasteiger partial charge in [0.2, 0.25) is 0 Å². The molecule has 0 radical (unpaired) electrons. The number of methoxy groups -OCH3 is 1. The predicted molar refractivity (Wildman–Crippen MR) is 106 cm³/mol. The van der Waals surface area contributed by atoms with E-state index in [9.17, 15) is 9.59 Å². The maximum Gasteiger partial charge on any atom is 0.310 e. The highest BCUT2D eigenvalue weighted by Crippen LogP contribution is 2.32. The molecule has 1 atom stereocenters. The highest BCUT2D eigenvalue weighted by atomic mass is 16.5.